The van der Waals surface area contributed by atoms with Gasteiger partial charge in [-0.1, -0.05) is 15.9 Å². The Morgan fingerprint density at radius 2 is 1.89 bits per heavy atom. The van der Waals surface area contributed by atoms with Gasteiger partial charge in [0.05, 0.1) is 11.4 Å². The Kier molecular flexibility index (Phi) is 7.66. The van der Waals surface area contributed by atoms with Crippen LogP contribution in [0.2, 0.25) is 0 Å². The molecule has 0 saturated heterocycles. The third-order valence-corrected chi connectivity index (χ3v) is 2.65. The molecule has 6 nitrogen and oxygen atoms in total. The number of hydrogen-bond donors (Lipinski definition) is 2. The van der Waals surface area contributed by atoms with E-state index < -0.39 is 23.7 Å². The lowest BCUT2D eigenvalue weighted by Gasteiger charge is -2.22. The predicted octanol–water partition coefficient (Wildman–Crippen LogP) is 2.10. The van der Waals surface area contributed by atoms with E-state index in [2.05, 4.69) is 21.2 Å². The Balaban J connectivity index is 4.39. The number of halogens is 1. The molecular weight excluding hydrogens is 318 g/mol. The van der Waals surface area contributed by atoms with Gasteiger partial charge in [-0.15, -0.1) is 0 Å². The minimum Gasteiger partial charge on any atom is -0.481 e. The topological polar surface area (TPSA) is 92.7 Å². The summed E-state index contributed by atoms with van der Waals surface area (Å²) in [5.41, 5.74) is -0.646. The van der Waals surface area contributed by atoms with E-state index in [-0.39, 0.29) is 24.0 Å². The van der Waals surface area contributed by atoms with Crippen molar-refractivity contribution in [1.82, 2.24) is 5.32 Å². The summed E-state index contributed by atoms with van der Waals surface area (Å²) in [6.07, 6.45) is -0.130. The molecule has 0 heterocycles. The summed E-state index contributed by atoms with van der Waals surface area (Å²) in [6, 6.07) is -0.728. The third kappa shape index (κ3) is 9.47. The van der Waals surface area contributed by atoms with Gasteiger partial charge >= 0.3 is 12.1 Å². The highest BCUT2D eigenvalue weighted by Crippen LogP contribution is 2.09. The zero-order valence-corrected chi connectivity index (χ0v) is 12.9. The van der Waals surface area contributed by atoms with E-state index in [9.17, 15) is 14.4 Å². The highest BCUT2D eigenvalue weighted by Gasteiger charge is 2.23. The van der Waals surface area contributed by atoms with Gasteiger partial charge in [-0.05, 0) is 33.6 Å². The highest BCUT2D eigenvalue weighted by atomic mass is 79.9. The quantitative estimate of drug-likeness (QED) is 0.694. The number of carbonyl (C=O) groups excluding carboxylic acids is 2. The maximum Gasteiger partial charge on any atom is 0.408 e. The number of alkyl halides is 1. The number of nitrogens with one attached hydrogen (secondary N) is 1. The molecule has 0 aromatic rings. The van der Waals surface area contributed by atoms with E-state index in [1.54, 1.807) is 20.8 Å². The van der Waals surface area contributed by atoms with Crippen molar-refractivity contribution in [3.8, 4) is 0 Å². The van der Waals surface area contributed by atoms with Gasteiger partial charge in [0.1, 0.15) is 5.60 Å². The van der Waals surface area contributed by atoms with Gasteiger partial charge in [-0.3, -0.25) is 9.59 Å². The normalized spacial score (nSPS) is 12.6. The molecular formula is C12H20BrNO5. The molecule has 0 aromatic heterocycles. The first kappa shape index (κ1) is 17.9. The van der Waals surface area contributed by atoms with Gasteiger partial charge in [0.25, 0.3) is 0 Å². The summed E-state index contributed by atoms with van der Waals surface area (Å²) in [7, 11) is 0. The minimum absolute atomic E-state index is 0.0396. The number of hydrogen-bond acceptors (Lipinski definition) is 4. The van der Waals surface area contributed by atoms with Crippen LogP contribution in [0.1, 0.15) is 40.0 Å². The number of rotatable bonds is 7. The summed E-state index contributed by atoms with van der Waals surface area (Å²) in [5.74, 6) is -1.14. The number of carboxylic acids is 1. The van der Waals surface area contributed by atoms with Crippen molar-refractivity contribution < 1.29 is 24.2 Å². The van der Waals surface area contributed by atoms with Gasteiger partial charge in [0.15, 0.2) is 5.78 Å². The highest BCUT2D eigenvalue weighted by molar-refractivity contribution is 9.09. The number of carboxylic acid groups (broad SMARTS) is 1. The van der Waals surface area contributed by atoms with Crippen LogP contribution in [0.3, 0.4) is 0 Å². The Morgan fingerprint density at radius 1 is 1.32 bits per heavy atom. The predicted molar refractivity (Wildman–Crippen MR) is 73.4 cm³/mol. The molecule has 0 unspecified atom stereocenters. The van der Waals surface area contributed by atoms with Crippen molar-refractivity contribution in [2.45, 2.75) is 51.7 Å². The summed E-state index contributed by atoms with van der Waals surface area (Å²) in [5, 5.41) is 11.1. The van der Waals surface area contributed by atoms with E-state index in [0.29, 0.717) is 6.42 Å². The van der Waals surface area contributed by atoms with Crippen molar-refractivity contribution >= 4 is 33.8 Å². The molecule has 19 heavy (non-hydrogen) atoms. The minimum atomic E-state index is -0.928. The van der Waals surface area contributed by atoms with Crippen molar-refractivity contribution in [3.05, 3.63) is 0 Å². The van der Waals surface area contributed by atoms with Crippen LogP contribution < -0.4 is 5.32 Å². The summed E-state index contributed by atoms with van der Waals surface area (Å²) in [6.45, 7) is 5.16. The molecule has 1 atom stereocenters. The lowest BCUT2D eigenvalue weighted by molar-refractivity contribution is -0.137. The van der Waals surface area contributed by atoms with Crippen LogP contribution in [0.25, 0.3) is 0 Å². The Morgan fingerprint density at radius 3 is 2.32 bits per heavy atom. The molecule has 110 valence electrons. The number of alkyl carbamates (subject to hydrolysis) is 1. The van der Waals surface area contributed by atoms with Gasteiger partial charge in [0.2, 0.25) is 0 Å². The molecule has 1 amide bonds. The molecule has 0 rings (SSSR count). The van der Waals surface area contributed by atoms with Crippen LogP contribution in [-0.4, -0.2) is 39.9 Å². The van der Waals surface area contributed by atoms with Crippen LogP contribution in [0.5, 0.6) is 0 Å². The van der Waals surface area contributed by atoms with Gasteiger partial charge in [-0.2, -0.15) is 0 Å². The van der Waals surface area contributed by atoms with Crippen molar-refractivity contribution in [1.29, 1.82) is 0 Å². The Hall–Kier alpha value is -1.11. The second-order valence-electron chi connectivity index (χ2n) is 5.08. The zero-order valence-electron chi connectivity index (χ0n) is 11.4. The van der Waals surface area contributed by atoms with Gasteiger partial charge in [0, 0.05) is 6.42 Å². The van der Waals surface area contributed by atoms with Crippen molar-refractivity contribution in [3.63, 3.8) is 0 Å². The molecule has 0 spiro atoms. The molecule has 2 N–H and O–H groups in total. The van der Waals surface area contributed by atoms with Crippen LogP contribution in [0.4, 0.5) is 4.79 Å². The maximum atomic E-state index is 11.6. The standard InChI is InChI=1S/C12H20BrNO5/c1-12(2,3)19-11(18)14-8(9(15)7-13)5-4-6-10(16)17/h8H,4-7H2,1-3H3,(H,14,18)(H,16,17)/t8-/m0/s1. The molecule has 0 aliphatic heterocycles. The van der Waals surface area contributed by atoms with E-state index in [4.69, 9.17) is 9.84 Å². The Labute approximate surface area is 121 Å². The third-order valence-electron chi connectivity index (χ3n) is 2.09. The monoisotopic (exact) mass is 337 g/mol. The summed E-state index contributed by atoms with van der Waals surface area (Å²) in [4.78, 5) is 33.6. The van der Waals surface area contributed by atoms with Gasteiger partial charge < -0.3 is 15.2 Å². The fraction of sp³-hybridized carbons (Fsp3) is 0.750. The average molecular weight is 338 g/mol. The van der Waals surface area contributed by atoms with Gasteiger partial charge in [-0.25, -0.2) is 4.79 Å². The molecule has 0 aliphatic rings. The van der Waals surface area contributed by atoms with Crippen LogP contribution in [0.15, 0.2) is 0 Å². The van der Waals surface area contributed by atoms with E-state index in [1.807, 2.05) is 0 Å². The second kappa shape index (κ2) is 8.14. The largest absolute Gasteiger partial charge is 0.481 e. The smallest absolute Gasteiger partial charge is 0.408 e. The van der Waals surface area contributed by atoms with E-state index in [1.165, 1.54) is 0 Å². The molecule has 0 aromatic carbocycles. The van der Waals surface area contributed by atoms with Crippen molar-refractivity contribution in [2.24, 2.45) is 0 Å². The molecule has 0 saturated carbocycles. The fourth-order valence-corrected chi connectivity index (χ4v) is 1.70. The van der Waals surface area contributed by atoms with Crippen LogP contribution in [-0.2, 0) is 14.3 Å². The van der Waals surface area contributed by atoms with E-state index in [0.717, 1.165) is 0 Å². The number of ketones is 1. The number of Topliss-reactive ketones (excluding diaryl/α,β-unsaturated/α-hetero) is 1. The first-order chi connectivity index (χ1) is 8.65. The van der Waals surface area contributed by atoms with E-state index >= 15 is 0 Å². The fourth-order valence-electron chi connectivity index (χ4n) is 1.31. The number of aliphatic carboxylic acids is 1. The SMILES string of the molecule is CC(C)(C)OC(=O)N[C@@H](CCCC(=O)O)C(=O)CBr. The molecule has 0 bridgehead atoms. The number of ether oxygens (including phenoxy) is 1. The number of amides is 1. The first-order valence-electron chi connectivity index (χ1n) is 5.95. The lowest BCUT2D eigenvalue weighted by atomic mass is 10.1. The molecule has 0 radical (unpaired) electrons. The number of carbonyl (C=O) groups is 3. The molecule has 0 fully saturated rings. The summed E-state index contributed by atoms with van der Waals surface area (Å²) >= 11 is 3.03. The molecule has 0 aliphatic carbocycles. The van der Waals surface area contributed by atoms with Crippen molar-refractivity contribution in [2.75, 3.05) is 5.33 Å². The van der Waals surface area contributed by atoms with Crippen LogP contribution >= 0.6 is 15.9 Å². The van der Waals surface area contributed by atoms with Crippen LogP contribution in [0, 0.1) is 0 Å². The molecule has 7 heteroatoms. The maximum absolute atomic E-state index is 11.6. The second-order valence-corrected chi connectivity index (χ2v) is 5.65. The zero-order chi connectivity index (χ0) is 15.1. The summed E-state index contributed by atoms with van der Waals surface area (Å²) < 4.78 is 5.06. The Bertz CT molecular complexity index is 338. The average Bonchev–Trinajstić information content (AvgIpc) is 2.23. The first-order valence-corrected chi connectivity index (χ1v) is 7.08. The lowest BCUT2D eigenvalue weighted by Crippen LogP contribution is -2.44.